The molecule has 1 rings (SSSR count). The largest absolute Gasteiger partial charge is 0.481 e. The van der Waals surface area contributed by atoms with E-state index in [9.17, 15) is 4.79 Å². The highest BCUT2D eigenvalue weighted by molar-refractivity contribution is 5.67. The maximum absolute atomic E-state index is 10.2. The summed E-state index contributed by atoms with van der Waals surface area (Å²) in [6, 6.07) is 0.719. The summed E-state index contributed by atoms with van der Waals surface area (Å²) in [5.41, 5.74) is 0. The Balaban J connectivity index is 2.24. The van der Waals surface area contributed by atoms with Crippen molar-refractivity contribution in [3.63, 3.8) is 0 Å². The van der Waals surface area contributed by atoms with Crippen molar-refractivity contribution >= 4 is 5.97 Å². The van der Waals surface area contributed by atoms with Gasteiger partial charge in [-0.15, -0.1) is 0 Å². The Bertz CT molecular complexity index is 136. The van der Waals surface area contributed by atoms with E-state index in [1.165, 1.54) is 0 Å². The van der Waals surface area contributed by atoms with Crippen molar-refractivity contribution < 1.29 is 9.90 Å². The average molecular weight is 143 g/mol. The van der Waals surface area contributed by atoms with Gasteiger partial charge in [-0.25, -0.2) is 0 Å². The summed E-state index contributed by atoms with van der Waals surface area (Å²) in [4.78, 5) is 10.2. The van der Waals surface area contributed by atoms with Gasteiger partial charge in [-0.3, -0.25) is 4.79 Å². The number of hydrogen-bond acceptors (Lipinski definition) is 2. The third-order valence-electron chi connectivity index (χ3n) is 1.89. The standard InChI is InChI=1S/C7H13NO2/c1-5-2-3-6(8-5)4-7(9)10/h5-6,8H,2-4H2,1H3,(H,9,10)/t5-,6-/m0/s1. The smallest absolute Gasteiger partial charge is 0.304 e. The minimum Gasteiger partial charge on any atom is -0.481 e. The Kier molecular flexibility index (Phi) is 2.27. The molecule has 1 heterocycles. The first-order chi connectivity index (χ1) is 4.68. The first-order valence-corrected chi connectivity index (χ1v) is 3.66. The average Bonchev–Trinajstić information content (AvgIpc) is 2.13. The number of carboxylic acid groups (broad SMARTS) is 1. The molecule has 1 saturated heterocycles. The van der Waals surface area contributed by atoms with E-state index in [1.54, 1.807) is 0 Å². The molecule has 0 amide bonds. The zero-order valence-corrected chi connectivity index (χ0v) is 6.13. The normalized spacial score (nSPS) is 32.5. The maximum atomic E-state index is 10.2. The Hall–Kier alpha value is -0.570. The maximum Gasteiger partial charge on any atom is 0.304 e. The number of rotatable bonds is 2. The van der Waals surface area contributed by atoms with Crippen LogP contribution in [0.4, 0.5) is 0 Å². The van der Waals surface area contributed by atoms with E-state index in [-0.39, 0.29) is 12.5 Å². The second-order valence-electron chi connectivity index (χ2n) is 2.94. The van der Waals surface area contributed by atoms with Crippen molar-refractivity contribution in [2.24, 2.45) is 0 Å². The first kappa shape index (κ1) is 7.54. The highest BCUT2D eigenvalue weighted by Crippen LogP contribution is 2.13. The van der Waals surface area contributed by atoms with Crippen LogP contribution >= 0.6 is 0 Å². The summed E-state index contributed by atoms with van der Waals surface area (Å²) >= 11 is 0. The Morgan fingerprint density at radius 3 is 2.80 bits per heavy atom. The van der Waals surface area contributed by atoms with Gasteiger partial charge in [-0.1, -0.05) is 0 Å². The zero-order valence-electron chi connectivity index (χ0n) is 6.13. The molecule has 0 unspecified atom stereocenters. The van der Waals surface area contributed by atoms with Gasteiger partial charge in [-0.05, 0) is 19.8 Å². The van der Waals surface area contributed by atoms with Crippen molar-refractivity contribution in [1.29, 1.82) is 0 Å². The molecule has 0 aromatic rings. The molecule has 1 aliphatic heterocycles. The van der Waals surface area contributed by atoms with Crippen LogP contribution < -0.4 is 5.32 Å². The van der Waals surface area contributed by atoms with Crippen molar-refractivity contribution in [3.8, 4) is 0 Å². The van der Waals surface area contributed by atoms with Gasteiger partial charge in [0, 0.05) is 12.1 Å². The predicted molar refractivity (Wildman–Crippen MR) is 37.9 cm³/mol. The van der Waals surface area contributed by atoms with Gasteiger partial charge in [0.25, 0.3) is 0 Å². The van der Waals surface area contributed by atoms with Crippen LogP contribution in [0.25, 0.3) is 0 Å². The highest BCUT2D eigenvalue weighted by Gasteiger charge is 2.21. The first-order valence-electron chi connectivity index (χ1n) is 3.66. The molecule has 1 aliphatic rings. The molecule has 0 aliphatic carbocycles. The minimum absolute atomic E-state index is 0.215. The van der Waals surface area contributed by atoms with Gasteiger partial charge in [0.2, 0.25) is 0 Å². The molecular weight excluding hydrogens is 130 g/mol. The molecule has 0 aromatic carbocycles. The van der Waals surface area contributed by atoms with Gasteiger partial charge in [0.1, 0.15) is 0 Å². The van der Waals surface area contributed by atoms with E-state index in [1.807, 2.05) is 0 Å². The summed E-state index contributed by atoms with van der Waals surface area (Å²) in [6.07, 6.45) is 2.38. The summed E-state index contributed by atoms with van der Waals surface area (Å²) in [5, 5.41) is 11.6. The van der Waals surface area contributed by atoms with Crippen LogP contribution in [-0.4, -0.2) is 23.2 Å². The topological polar surface area (TPSA) is 49.3 Å². The van der Waals surface area contributed by atoms with E-state index in [2.05, 4.69) is 12.2 Å². The lowest BCUT2D eigenvalue weighted by Crippen LogP contribution is -2.29. The molecule has 2 atom stereocenters. The van der Waals surface area contributed by atoms with E-state index in [4.69, 9.17) is 5.11 Å². The second kappa shape index (κ2) is 3.01. The molecular formula is C7H13NO2. The third kappa shape index (κ3) is 1.99. The number of nitrogens with one attached hydrogen (secondary N) is 1. The number of hydrogen-bond donors (Lipinski definition) is 2. The molecule has 58 valence electrons. The van der Waals surface area contributed by atoms with Gasteiger partial charge in [0.15, 0.2) is 0 Å². The third-order valence-corrected chi connectivity index (χ3v) is 1.89. The molecule has 0 bridgehead atoms. The van der Waals surface area contributed by atoms with Crippen LogP contribution in [0.2, 0.25) is 0 Å². The van der Waals surface area contributed by atoms with Crippen molar-refractivity contribution in [1.82, 2.24) is 5.32 Å². The number of carboxylic acids is 1. The van der Waals surface area contributed by atoms with Crippen molar-refractivity contribution in [2.45, 2.75) is 38.3 Å². The quantitative estimate of drug-likeness (QED) is 0.595. The monoisotopic (exact) mass is 143 g/mol. The van der Waals surface area contributed by atoms with E-state index >= 15 is 0 Å². The Morgan fingerprint density at radius 1 is 1.70 bits per heavy atom. The summed E-state index contributed by atoms with van der Waals surface area (Å²) in [7, 11) is 0. The summed E-state index contributed by atoms with van der Waals surface area (Å²) in [6.45, 7) is 2.09. The summed E-state index contributed by atoms with van der Waals surface area (Å²) in [5.74, 6) is -0.702. The lowest BCUT2D eigenvalue weighted by molar-refractivity contribution is -0.137. The van der Waals surface area contributed by atoms with Crippen molar-refractivity contribution in [2.75, 3.05) is 0 Å². The molecule has 3 heteroatoms. The summed E-state index contributed by atoms with van der Waals surface area (Å²) < 4.78 is 0. The molecule has 10 heavy (non-hydrogen) atoms. The van der Waals surface area contributed by atoms with Crippen LogP contribution in [0, 0.1) is 0 Å². The van der Waals surface area contributed by atoms with Crippen LogP contribution in [0.5, 0.6) is 0 Å². The molecule has 0 aromatic heterocycles. The van der Waals surface area contributed by atoms with E-state index in [0.717, 1.165) is 12.8 Å². The van der Waals surface area contributed by atoms with Gasteiger partial charge in [0.05, 0.1) is 6.42 Å². The molecule has 0 radical (unpaired) electrons. The second-order valence-corrected chi connectivity index (χ2v) is 2.94. The zero-order chi connectivity index (χ0) is 7.56. The van der Waals surface area contributed by atoms with Crippen molar-refractivity contribution in [3.05, 3.63) is 0 Å². The number of carbonyl (C=O) groups is 1. The lowest BCUT2D eigenvalue weighted by Gasteiger charge is -2.07. The van der Waals surface area contributed by atoms with Gasteiger partial charge in [-0.2, -0.15) is 0 Å². The fourth-order valence-electron chi connectivity index (χ4n) is 1.39. The Labute approximate surface area is 60.4 Å². The lowest BCUT2D eigenvalue weighted by atomic mass is 10.1. The number of aliphatic carboxylic acids is 1. The van der Waals surface area contributed by atoms with E-state index < -0.39 is 5.97 Å². The van der Waals surface area contributed by atoms with Crippen LogP contribution in [0.15, 0.2) is 0 Å². The fraction of sp³-hybridized carbons (Fsp3) is 0.857. The molecule has 3 nitrogen and oxygen atoms in total. The van der Waals surface area contributed by atoms with Gasteiger partial charge >= 0.3 is 5.97 Å². The molecule has 0 spiro atoms. The SMILES string of the molecule is C[C@H]1CC[C@@H](CC(=O)O)N1. The van der Waals surface area contributed by atoms with E-state index in [0.29, 0.717) is 6.04 Å². The predicted octanol–water partition coefficient (Wildman–Crippen LogP) is 0.602. The molecule has 0 saturated carbocycles. The minimum atomic E-state index is -0.702. The Morgan fingerprint density at radius 2 is 2.40 bits per heavy atom. The van der Waals surface area contributed by atoms with Gasteiger partial charge < -0.3 is 10.4 Å². The fourth-order valence-corrected chi connectivity index (χ4v) is 1.39. The van der Waals surface area contributed by atoms with Crippen LogP contribution in [0.3, 0.4) is 0 Å². The van der Waals surface area contributed by atoms with Crippen LogP contribution in [-0.2, 0) is 4.79 Å². The molecule has 1 fully saturated rings. The van der Waals surface area contributed by atoms with Crippen LogP contribution in [0.1, 0.15) is 26.2 Å². The highest BCUT2D eigenvalue weighted by atomic mass is 16.4. The molecule has 2 N–H and O–H groups in total.